The third kappa shape index (κ3) is 4.41. The fraction of sp³-hybridized carbons (Fsp3) is 0.190. The molecule has 0 saturated carbocycles. The number of nitrogens with one attached hydrogen (secondary N) is 1. The summed E-state index contributed by atoms with van der Waals surface area (Å²) >= 11 is 7.07. The summed E-state index contributed by atoms with van der Waals surface area (Å²) < 4.78 is 5.86. The maximum absolute atomic E-state index is 12.5. The van der Waals surface area contributed by atoms with Crippen LogP contribution in [0.4, 0.5) is 11.4 Å². The SMILES string of the molecule is O=C(Nc1ccc(Cl)cc1[N+](=O)[O-])c1cc(COc2ccc3c(c2)CCC3)cs1. The van der Waals surface area contributed by atoms with Gasteiger partial charge in [-0.25, -0.2) is 0 Å². The van der Waals surface area contributed by atoms with E-state index in [1.807, 2.05) is 11.4 Å². The van der Waals surface area contributed by atoms with Crippen molar-refractivity contribution in [2.24, 2.45) is 0 Å². The Morgan fingerprint density at radius 2 is 2.00 bits per heavy atom. The molecule has 0 spiro atoms. The molecule has 0 bridgehead atoms. The zero-order valence-corrected chi connectivity index (χ0v) is 16.9. The monoisotopic (exact) mass is 428 g/mol. The maximum atomic E-state index is 12.5. The second-order valence-corrected chi connectivity index (χ2v) is 8.11. The summed E-state index contributed by atoms with van der Waals surface area (Å²) in [7, 11) is 0. The summed E-state index contributed by atoms with van der Waals surface area (Å²) in [5, 5.41) is 15.8. The molecule has 148 valence electrons. The molecule has 0 aliphatic heterocycles. The Balaban J connectivity index is 1.41. The van der Waals surface area contributed by atoms with E-state index in [0.29, 0.717) is 11.5 Å². The van der Waals surface area contributed by atoms with Crippen LogP contribution in [0.5, 0.6) is 5.75 Å². The van der Waals surface area contributed by atoms with Crippen molar-refractivity contribution in [1.82, 2.24) is 0 Å². The number of hydrogen-bond acceptors (Lipinski definition) is 5. The number of nitrogens with zero attached hydrogens (tertiary/aromatic N) is 1. The summed E-state index contributed by atoms with van der Waals surface area (Å²) in [6, 6.07) is 12.0. The van der Waals surface area contributed by atoms with Gasteiger partial charge >= 0.3 is 0 Å². The van der Waals surface area contributed by atoms with Gasteiger partial charge in [0.2, 0.25) is 0 Å². The lowest BCUT2D eigenvalue weighted by atomic mass is 10.1. The van der Waals surface area contributed by atoms with Gasteiger partial charge in [0.1, 0.15) is 18.0 Å². The van der Waals surface area contributed by atoms with Crippen molar-refractivity contribution in [3.63, 3.8) is 0 Å². The Kier molecular flexibility index (Phi) is 5.51. The van der Waals surface area contributed by atoms with E-state index in [0.717, 1.165) is 24.2 Å². The fourth-order valence-corrected chi connectivity index (χ4v) is 4.28. The van der Waals surface area contributed by atoms with Gasteiger partial charge in [-0.05, 0) is 66.1 Å². The average Bonchev–Trinajstić information content (AvgIpc) is 3.36. The molecule has 0 unspecified atom stereocenters. The van der Waals surface area contributed by atoms with E-state index in [2.05, 4.69) is 17.4 Å². The van der Waals surface area contributed by atoms with Gasteiger partial charge in [-0.1, -0.05) is 17.7 Å². The molecule has 0 fully saturated rings. The first kappa shape index (κ1) is 19.4. The van der Waals surface area contributed by atoms with E-state index in [-0.39, 0.29) is 16.4 Å². The molecule has 1 N–H and O–H groups in total. The summed E-state index contributed by atoms with van der Waals surface area (Å²) in [4.78, 5) is 23.5. The van der Waals surface area contributed by atoms with Crippen LogP contribution in [0.15, 0.2) is 47.8 Å². The Labute approximate surface area is 176 Å². The minimum absolute atomic E-state index is 0.105. The normalized spacial score (nSPS) is 12.4. The van der Waals surface area contributed by atoms with Crippen LogP contribution in [0, 0.1) is 10.1 Å². The number of carbonyl (C=O) groups is 1. The van der Waals surface area contributed by atoms with E-state index < -0.39 is 10.8 Å². The number of anilines is 1. The number of halogens is 1. The number of amides is 1. The van der Waals surface area contributed by atoms with E-state index in [9.17, 15) is 14.9 Å². The number of nitro groups is 1. The summed E-state index contributed by atoms with van der Waals surface area (Å²) in [6.45, 7) is 0.351. The van der Waals surface area contributed by atoms with Crippen LogP contribution in [-0.4, -0.2) is 10.8 Å². The van der Waals surface area contributed by atoms with Gasteiger partial charge in [0, 0.05) is 16.7 Å². The van der Waals surface area contributed by atoms with Crippen LogP contribution < -0.4 is 10.1 Å². The molecular weight excluding hydrogens is 412 g/mol. The van der Waals surface area contributed by atoms with Gasteiger partial charge in [-0.2, -0.15) is 0 Å². The Morgan fingerprint density at radius 3 is 2.83 bits per heavy atom. The maximum Gasteiger partial charge on any atom is 0.294 e. The number of hydrogen-bond donors (Lipinski definition) is 1. The van der Waals surface area contributed by atoms with Crippen molar-refractivity contribution < 1.29 is 14.5 Å². The molecule has 29 heavy (non-hydrogen) atoms. The van der Waals surface area contributed by atoms with Gasteiger partial charge < -0.3 is 10.1 Å². The molecule has 1 heterocycles. The number of rotatable bonds is 6. The molecule has 0 saturated heterocycles. The molecule has 1 amide bonds. The van der Waals surface area contributed by atoms with Crippen LogP contribution in [0.25, 0.3) is 0 Å². The number of ether oxygens (including phenoxy) is 1. The zero-order valence-electron chi connectivity index (χ0n) is 15.3. The third-order valence-electron chi connectivity index (χ3n) is 4.76. The topological polar surface area (TPSA) is 81.5 Å². The Hall–Kier alpha value is -2.90. The molecule has 3 aromatic rings. The number of fused-ring (bicyclic) bond motifs is 1. The molecule has 8 heteroatoms. The molecule has 0 atom stereocenters. The van der Waals surface area contributed by atoms with Crippen molar-refractivity contribution in [3.8, 4) is 5.75 Å². The van der Waals surface area contributed by atoms with E-state index in [4.69, 9.17) is 16.3 Å². The zero-order chi connectivity index (χ0) is 20.4. The summed E-state index contributed by atoms with van der Waals surface area (Å²) in [5.74, 6) is 0.406. The molecule has 2 aromatic carbocycles. The Bertz CT molecular complexity index is 1100. The lowest BCUT2D eigenvalue weighted by molar-refractivity contribution is -0.383. The highest BCUT2D eigenvalue weighted by molar-refractivity contribution is 7.12. The molecule has 0 radical (unpaired) electrons. The van der Waals surface area contributed by atoms with Crippen molar-refractivity contribution in [3.05, 3.63) is 84.5 Å². The van der Waals surface area contributed by atoms with Crippen molar-refractivity contribution in [2.45, 2.75) is 25.9 Å². The van der Waals surface area contributed by atoms with Crippen LogP contribution in [0.2, 0.25) is 5.02 Å². The number of thiophene rings is 1. The second kappa shape index (κ2) is 8.23. The second-order valence-electron chi connectivity index (χ2n) is 6.76. The molecule has 6 nitrogen and oxygen atoms in total. The number of nitro benzene ring substituents is 1. The fourth-order valence-electron chi connectivity index (χ4n) is 3.32. The number of aryl methyl sites for hydroxylation is 2. The lowest BCUT2D eigenvalue weighted by Crippen LogP contribution is -2.11. The first-order chi connectivity index (χ1) is 14.0. The van der Waals surface area contributed by atoms with Crippen molar-refractivity contribution >= 4 is 40.2 Å². The molecule has 1 aliphatic rings. The quantitative estimate of drug-likeness (QED) is 0.407. The summed E-state index contributed by atoms with van der Waals surface area (Å²) in [5.41, 5.74) is 3.46. The standard InChI is InChI=1S/C21H17ClN2O4S/c22-16-5-7-18(19(10-16)24(26)27)23-21(25)20-8-13(12-29-20)11-28-17-6-4-14-2-1-3-15(14)9-17/h4-10,12H,1-3,11H2,(H,23,25). The first-order valence-electron chi connectivity index (χ1n) is 9.07. The number of benzene rings is 2. The van der Waals surface area contributed by atoms with Crippen LogP contribution >= 0.6 is 22.9 Å². The van der Waals surface area contributed by atoms with Crippen LogP contribution in [0.3, 0.4) is 0 Å². The summed E-state index contributed by atoms with van der Waals surface area (Å²) in [6.07, 6.45) is 3.41. The van der Waals surface area contributed by atoms with Gasteiger partial charge in [0.05, 0.1) is 9.80 Å². The number of carbonyl (C=O) groups excluding carboxylic acids is 1. The smallest absolute Gasteiger partial charge is 0.294 e. The predicted molar refractivity (Wildman–Crippen MR) is 113 cm³/mol. The van der Waals surface area contributed by atoms with Crippen LogP contribution in [0.1, 0.15) is 32.8 Å². The van der Waals surface area contributed by atoms with Gasteiger partial charge in [0.25, 0.3) is 11.6 Å². The predicted octanol–water partition coefficient (Wildman–Crippen LogP) is 5.63. The Morgan fingerprint density at radius 1 is 1.17 bits per heavy atom. The minimum Gasteiger partial charge on any atom is -0.489 e. The lowest BCUT2D eigenvalue weighted by Gasteiger charge is -2.07. The minimum atomic E-state index is -0.578. The first-order valence-corrected chi connectivity index (χ1v) is 10.3. The molecule has 1 aromatic heterocycles. The largest absolute Gasteiger partial charge is 0.489 e. The van der Waals surface area contributed by atoms with Crippen molar-refractivity contribution in [2.75, 3.05) is 5.32 Å². The average molecular weight is 429 g/mol. The molecule has 4 rings (SSSR count). The van der Waals surface area contributed by atoms with Crippen LogP contribution in [-0.2, 0) is 19.4 Å². The molecular formula is C21H17ClN2O4S. The van der Waals surface area contributed by atoms with E-state index in [1.54, 1.807) is 6.07 Å². The van der Waals surface area contributed by atoms with Gasteiger partial charge in [0.15, 0.2) is 0 Å². The highest BCUT2D eigenvalue weighted by atomic mass is 35.5. The van der Waals surface area contributed by atoms with Gasteiger partial charge in [-0.3, -0.25) is 14.9 Å². The third-order valence-corrected chi connectivity index (χ3v) is 5.97. The highest BCUT2D eigenvalue weighted by Crippen LogP contribution is 2.29. The van der Waals surface area contributed by atoms with E-state index in [1.165, 1.54) is 47.1 Å². The van der Waals surface area contributed by atoms with Crippen molar-refractivity contribution in [1.29, 1.82) is 0 Å². The van der Waals surface area contributed by atoms with Gasteiger partial charge in [-0.15, -0.1) is 11.3 Å². The van der Waals surface area contributed by atoms with E-state index >= 15 is 0 Å². The highest BCUT2D eigenvalue weighted by Gasteiger charge is 2.18. The molecule has 1 aliphatic carbocycles.